The van der Waals surface area contributed by atoms with E-state index in [2.05, 4.69) is 10.3 Å². The van der Waals surface area contributed by atoms with E-state index in [1.165, 1.54) is 19.2 Å². The number of hydrogen-bond acceptors (Lipinski definition) is 4. The molecule has 1 heterocycles. The van der Waals surface area contributed by atoms with Crippen molar-refractivity contribution in [3.05, 3.63) is 29.8 Å². The Morgan fingerprint density at radius 3 is 2.72 bits per heavy atom. The quantitative estimate of drug-likeness (QED) is 0.816. The Labute approximate surface area is 107 Å². The highest BCUT2D eigenvalue weighted by Crippen LogP contribution is 2.21. The minimum Gasteiger partial charge on any atom is -0.467 e. The van der Waals surface area contributed by atoms with E-state index < -0.39 is 17.3 Å². The number of methoxy groups -OCH3 is 1. The number of pyridine rings is 1. The lowest BCUT2D eigenvalue weighted by Crippen LogP contribution is -2.51. The molecule has 0 aliphatic carbocycles. The van der Waals surface area contributed by atoms with Crippen molar-refractivity contribution in [2.45, 2.75) is 38.8 Å². The molecule has 0 aliphatic rings. The molecule has 18 heavy (non-hydrogen) atoms. The number of nitrogens with zero attached hydrogens (tertiary/aromatic N) is 1. The molecule has 0 fully saturated rings. The summed E-state index contributed by atoms with van der Waals surface area (Å²) in [5, 5.41) is 3.17. The number of carbonyl (C=O) groups is 1. The zero-order valence-corrected chi connectivity index (χ0v) is 11.2. The van der Waals surface area contributed by atoms with Gasteiger partial charge in [-0.25, -0.2) is 9.18 Å². The second kappa shape index (κ2) is 5.91. The molecule has 5 heteroatoms. The van der Waals surface area contributed by atoms with Gasteiger partial charge in [0.1, 0.15) is 5.82 Å². The first-order valence-corrected chi connectivity index (χ1v) is 5.92. The van der Waals surface area contributed by atoms with Gasteiger partial charge in [0, 0.05) is 6.04 Å². The van der Waals surface area contributed by atoms with Gasteiger partial charge in [-0.2, -0.15) is 0 Å². The molecule has 0 saturated heterocycles. The van der Waals surface area contributed by atoms with Gasteiger partial charge >= 0.3 is 5.97 Å². The third-order valence-corrected chi connectivity index (χ3v) is 2.98. The summed E-state index contributed by atoms with van der Waals surface area (Å²) in [6.07, 6.45) is 1.95. The number of halogens is 1. The highest BCUT2D eigenvalue weighted by Gasteiger charge is 2.38. The minimum absolute atomic E-state index is 0.112. The van der Waals surface area contributed by atoms with Crippen LogP contribution in [0.4, 0.5) is 4.39 Å². The van der Waals surface area contributed by atoms with Crippen LogP contribution in [0.5, 0.6) is 0 Å². The number of nitrogens with one attached hydrogen (secondary N) is 1. The molecule has 4 nitrogen and oxygen atoms in total. The number of aromatic nitrogens is 1. The first-order valence-electron chi connectivity index (χ1n) is 5.92. The Kier molecular flexibility index (Phi) is 4.78. The molecule has 2 atom stereocenters. The molecule has 2 unspecified atom stereocenters. The molecular weight excluding hydrogens is 235 g/mol. The van der Waals surface area contributed by atoms with Crippen molar-refractivity contribution in [3.8, 4) is 0 Å². The molecule has 0 radical (unpaired) electrons. The van der Waals surface area contributed by atoms with Gasteiger partial charge in [-0.1, -0.05) is 6.92 Å². The third-order valence-electron chi connectivity index (χ3n) is 2.98. The van der Waals surface area contributed by atoms with Gasteiger partial charge in [0.25, 0.3) is 0 Å². The molecule has 0 amide bonds. The number of carbonyl (C=O) groups excluding carboxylic acids is 1. The number of ether oxygens (including phenoxy) is 1. The first-order chi connectivity index (χ1) is 8.43. The second-order valence-corrected chi connectivity index (χ2v) is 4.43. The van der Waals surface area contributed by atoms with Crippen LogP contribution in [-0.2, 0) is 15.1 Å². The van der Waals surface area contributed by atoms with E-state index in [1.807, 2.05) is 13.8 Å². The van der Waals surface area contributed by atoms with Gasteiger partial charge in [-0.15, -0.1) is 0 Å². The topological polar surface area (TPSA) is 51.2 Å². The van der Waals surface area contributed by atoms with Crippen LogP contribution in [0.1, 0.15) is 32.9 Å². The molecule has 1 N–H and O–H groups in total. The smallest absolute Gasteiger partial charge is 0.332 e. The summed E-state index contributed by atoms with van der Waals surface area (Å²) in [6, 6.07) is 2.88. The van der Waals surface area contributed by atoms with Gasteiger partial charge in [-0.3, -0.25) is 10.3 Å². The summed E-state index contributed by atoms with van der Waals surface area (Å²) in [5.74, 6) is -0.878. The monoisotopic (exact) mass is 254 g/mol. The Hall–Kier alpha value is -1.49. The minimum atomic E-state index is -1.07. The summed E-state index contributed by atoms with van der Waals surface area (Å²) in [4.78, 5) is 15.9. The predicted octanol–water partition coefficient (Wildman–Crippen LogP) is 2.00. The Morgan fingerprint density at radius 2 is 2.28 bits per heavy atom. The third kappa shape index (κ3) is 3.04. The fourth-order valence-electron chi connectivity index (χ4n) is 1.71. The Bertz CT molecular complexity index is 408. The van der Waals surface area contributed by atoms with E-state index >= 15 is 0 Å². The van der Waals surface area contributed by atoms with Crippen molar-refractivity contribution in [3.63, 3.8) is 0 Å². The summed E-state index contributed by atoms with van der Waals surface area (Å²) < 4.78 is 17.7. The normalized spacial score (nSPS) is 15.8. The summed E-state index contributed by atoms with van der Waals surface area (Å²) >= 11 is 0. The van der Waals surface area contributed by atoms with Crippen LogP contribution < -0.4 is 5.32 Å². The zero-order chi connectivity index (χ0) is 13.8. The molecule has 0 aliphatic heterocycles. The molecular formula is C13H19FN2O2. The summed E-state index contributed by atoms with van der Waals surface area (Å²) in [7, 11) is 1.32. The lowest BCUT2D eigenvalue weighted by molar-refractivity contribution is -0.149. The lowest BCUT2D eigenvalue weighted by atomic mass is 9.95. The average Bonchev–Trinajstić information content (AvgIpc) is 2.38. The maximum absolute atomic E-state index is 12.9. The fourth-order valence-corrected chi connectivity index (χ4v) is 1.71. The van der Waals surface area contributed by atoms with Crippen molar-refractivity contribution >= 4 is 5.97 Å². The largest absolute Gasteiger partial charge is 0.467 e. The number of rotatable bonds is 5. The Balaban J connectivity index is 3.11. The van der Waals surface area contributed by atoms with Crippen LogP contribution in [0, 0.1) is 5.82 Å². The van der Waals surface area contributed by atoms with E-state index in [0.29, 0.717) is 5.69 Å². The summed E-state index contributed by atoms with van der Waals surface area (Å²) in [5.41, 5.74) is -0.631. The van der Waals surface area contributed by atoms with Crippen LogP contribution in [0.25, 0.3) is 0 Å². The van der Waals surface area contributed by atoms with Crippen molar-refractivity contribution < 1.29 is 13.9 Å². The number of hydrogen-bond donors (Lipinski definition) is 1. The lowest BCUT2D eigenvalue weighted by Gasteiger charge is -2.30. The van der Waals surface area contributed by atoms with Gasteiger partial charge in [0.15, 0.2) is 5.54 Å². The second-order valence-electron chi connectivity index (χ2n) is 4.43. The molecule has 0 aromatic carbocycles. The van der Waals surface area contributed by atoms with Gasteiger partial charge in [0.05, 0.1) is 19.0 Å². The van der Waals surface area contributed by atoms with E-state index in [1.54, 1.807) is 6.92 Å². The molecule has 0 bridgehead atoms. The van der Waals surface area contributed by atoms with Gasteiger partial charge in [0.2, 0.25) is 0 Å². The van der Waals surface area contributed by atoms with Gasteiger partial charge < -0.3 is 4.74 Å². The number of esters is 1. The van der Waals surface area contributed by atoms with Crippen LogP contribution in [0.2, 0.25) is 0 Å². The first kappa shape index (κ1) is 14.6. The molecule has 1 rings (SSSR count). The van der Waals surface area contributed by atoms with Crippen LogP contribution in [0.15, 0.2) is 18.3 Å². The van der Waals surface area contributed by atoms with Crippen LogP contribution >= 0.6 is 0 Å². The standard InChI is InChI=1S/C13H19FN2O2/c1-5-9(2)16-13(3,12(17)18-4)11-7-6-10(14)8-15-11/h6-9,16H,5H2,1-4H3. The van der Waals surface area contributed by atoms with Crippen molar-refractivity contribution in [1.29, 1.82) is 0 Å². The highest BCUT2D eigenvalue weighted by molar-refractivity contribution is 5.81. The molecule has 0 spiro atoms. The molecule has 100 valence electrons. The average molecular weight is 254 g/mol. The maximum Gasteiger partial charge on any atom is 0.332 e. The maximum atomic E-state index is 12.9. The van der Waals surface area contributed by atoms with Crippen LogP contribution in [0.3, 0.4) is 0 Å². The Morgan fingerprint density at radius 1 is 1.61 bits per heavy atom. The molecule has 1 aromatic rings. The van der Waals surface area contributed by atoms with Crippen molar-refractivity contribution in [1.82, 2.24) is 10.3 Å². The molecule has 0 saturated carbocycles. The van der Waals surface area contributed by atoms with E-state index in [4.69, 9.17) is 4.74 Å². The van der Waals surface area contributed by atoms with E-state index in [-0.39, 0.29) is 6.04 Å². The van der Waals surface area contributed by atoms with Crippen LogP contribution in [-0.4, -0.2) is 24.1 Å². The summed E-state index contributed by atoms with van der Waals surface area (Å²) in [6.45, 7) is 5.66. The highest BCUT2D eigenvalue weighted by atomic mass is 19.1. The van der Waals surface area contributed by atoms with E-state index in [9.17, 15) is 9.18 Å². The van der Waals surface area contributed by atoms with Gasteiger partial charge in [-0.05, 0) is 32.4 Å². The van der Waals surface area contributed by atoms with E-state index in [0.717, 1.165) is 12.6 Å². The molecule has 1 aromatic heterocycles. The van der Waals surface area contributed by atoms with Crippen molar-refractivity contribution in [2.24, 2.45) is 0 Å². The SMILES string of the molecule is CCC(C)NC(C)(C(=O)OC)c1ccc(F)cn1. The fraction of sp³-hybridized carbons (Fsp3) is 0.538. The predicted molar refractivity (Wildman–Crippen MR) is 66.5 cm³/mol. The van der Waals surface area contributed by atoms with Crippen molar-refractivity contribution in [2.75, 3.05) is 7.11 Å². The zero-order valence-electron chi connectivity index (χ0n) is 11.2.